The van der Waals surface area contributed by atoms with Crippen LogP contribution in [-0.2, 0) is 27.2 Å². The highest BCUT2D eigenvalue weighted by Crippen LogP contribution is 2.48. The molecule has 2 aliphatic rings. The van der Waals surface area contributed by atoms with Crippen molar-refractivity contribution in [1.29, 1.82) is 0 Å². The smallest absolute Gasteiger partial charge is 0.341 e. The largest absolute Gasteiger partial charge is 0.482 e. The van der Waals surface area contributed by atoms with Crippen molar-refractivity contribution in [1.82, 2.24) is 0 Å². The maximum absolute atomic E-state index is 12.5. The predicted molar refractivity (Wildman–Crippen MR) is 134 cm³/mol. The molecular formula is C28H43NO6. The molecule has 1 aromatic carbocycles. The standard InChI is InChI=1S/C28H43NO6/c1-4-5-6-9-20(35-28(33)27(29)17(2)3)11-12-21-22-13-18-8-7-10-25(34-16-26(31)32)23(18)14-19(22)15-24(21)30/h7-8,10,17,19-22,24,27,30H,4-6,9,11-16,29H2,1-3H3,(H,31,32)/t19-,20-,21+,22-,24+,27?/m0/s1. The summed E-state index contributed by atoms with van der Waals surface area (Å²) in [7, 11) is 0. The van der Waals surface area contributed by atoms with E-state index < -0.39 is 12.0 Å². The minimum Gasteiger partial charge on any atom is -0.482 e. The van der Waals surface area contributed by atoms with Crippen LogP contribution in [0.1, 0.15) is 76.8 Å². The van der Waals surface area contributed by atoms with Crippen LogP contribution in [0.4, 0.5) is 0 Å². The maximum atomic E-state index is 12.5. The number of rotatable bonds is 13. The lowest BCUT2D eigenvalue weighted by molar-refractivity contribution is -0.152. The fraction of sp³-hybridized carbons (Fsp3) is 0.714. The molecule has 3 rings (SSSR count). The van der Waals surface area contributed by atoms with Crippen LogP contribution in [0.25, 0.3) is 0 Å². The van der Waals surface area contributed by atoms with Gasteiger partial charge in [0, 0.05) is 0 Å². The molecule has 0 aromatic heterocycles. The summed E-state index contributed by atoms with van der Waals surface area (Å²) >= 11 is 0. The third-order valence-corrected chi connectivity index (χ3v) is 7.92. The number of aliphatic carboxylic acids is 1. The van der Waals surface area contributed by atoms with E-state index in [0.717, 1.165) is 63.4 Å². The van der Waals surface area contributed by atoms with Crippen LogP contribution < -0.4 is 10.5 Å². The first kappa shape index (κ1) is 27.5. The van der Waals surface area contributed by atoms with Crippen molar-refractivity contribution >= 4 is 11.9 Å². The molecule has 6 atom stereocenters. The van der Waals surface area contributed by atoms with E-state index in [0.29, 0.717) is 17.6 Å². The van der Waals surface area contributed by atoms with Gasteiger partial charge in [-0.25, -0.2) is 4.79 Å². The Kier molecular flexibility index (Phi) is 9.99. The Balaban J connectivity index is 1.66. The lowest BCUT2D eigenvalue weighted by Crippen LogP contribution is -2.39. The number of benzene rings is 1. The minimum atomic E-state index is -0.990. The third kappa shape index (κ3) is 7.20. The van der Waals surface area contributed by atoms with Crippen LogP contribution in [0.5, 0.6) is 5.75 Å². The first-order valence-electron chi connectivity index (χ1n) is 13.3. The molecular weight excluding hydrogens is 446 g/mol. The van der Waals surface area contributed by atoms with E-state index in [1.54, 1.807) is 0 Å². The zero-order valence-electron chi connectivity index (χ0n) is 21.4. The molecule has 0 radical (unpaired) electrons. The second-order valence-electron chi connectivity index (χ2n) is 10.8. The van der Waals surface area contributed by atoms with Crippen molar-refractivity contribution in [2.45, 2.75) is 96.8 Å². The molecule has 0 heterocycles. The minimum absolute atomic E-state index is 0.0304. The lowest BCUT2D eigenvalue weighted by atomic mass is 9.73. The number of nitrogens with two attached hydrogens (primary N) is 1. The van der Waals surface area contributed by atoms with Gasteiger partial charge in [-0.05, 0) is 85.8 Å². The number of hydrogen-bond acceptors (Lipinski definition) is 6. The first-order chi connectivity index (χ1) is 16.7. The molecule has 4 N–H and O–H groups in total. The van der Waals surface area contributed by atoms with Gasteiger partial charge in [0.05, 0.1) is 6.10 Å². The zero-order valence-corrected chi connectivity index (χ0v) is 21.4. The highest BCUT2D eigenvalue weighted by molar-refractivity contribution is 5.75. The van der Waals surface area contributed by atoms with Crippen LogP contribution in [0, 0.1) is 23.7 Å². The Hall–Kier alpha value is -2.12. The van der Waals surface area contributed by atoms with Crippen molar-refractivity contribution in [2.75, 3.05) is 6.61 Å². The predicted octanol–water partition coefficient (Wildman–Crippen LogP) is 4.12. The number of fused-ring (bicyclic) bond motifs is 2. The van der Waals surface area contributed by atoms with Gasteiger partial charge in [0.25, 0.3) is 0 Å². The second kappa shape index (κ2) is 12.7. The van der Waals surface area contributed by atoms with Crippen molar-refractivity contribution < 1.29 is 29.3 Å². The van der Waals surface area contributed by atoms with Gasteiger partial charge in [-0.15, -0.1) is 0 Å². The summed E-state index contributed by atoms with van der Waals surface area (Å²) in [5, 5.41) is 20.0. The second-order valence-corrected chi connectivity index (χ2v) is 10.8. The number of carboxylic acid groups (broad SMARTS) is 1. The number of carboxylic acids is 1. The maximum Gasteiger partial charge on any atom is 0.341 e. The van der Waals surface area contributed by atoms with Crippen LogP contribution in [-0.4, -0.2) is 47.0 Å². The van der Waals surface area contributed by atoms with Gasteiger partial charge in [0.15, 0.2) is 6.61 Å². The SMILES string of the molecule is CCCCC[C@@H](CC[C@@H]1[C@H]2Cc3cccc(OCC(=O)O)c3C[C@H]2C[C@H]1O)OC(=O)C(N)C(C)C. The quantitative estimate of drug-likeness (QED) is 0.282. The molecule has 1 aromatic rings. The molecule has 1 saturated carbocycles. The fourth-order valence-electron chi connectivity index (χ4n) is 5.86. The van der Waals surface area contributed by atoms with Crippen LogP contribution in [0.2, 0.25) is 0 Å². The molecule has 0 bridgehead atoms. The molecule has 7 heteroatoms. The van der Waals surface area contributed by atoms with Gasteiger partial charge >= 0.3 is 11.9 Å². The molecule has 196 valence electrons. The van der Waals surface area contributed by atoms with Crippen LogP contribution >= 0.6 is 0 Å². The van der Waals surface area contributed by atoms with Crippen LogP contribution in [0.15, 0.2) is 18.2 Å². The molecule has 0 aliphatic heterocycles. The van der Waals surface area contributed by atoms with Gasteiger partial charge in [-0.3, -0.25) is 4.79 Å². The summed E-state index contributed by atoms with van der Waals surface area (Å²) in [5.74, 6) is 0.212. The third-order valence-electron chi connectivity index (χ3n) is 7.92. The summed E-state index contributed by atoms with van der Waals surface area (Å²) in [6, 6.07) is 5.22. The Morgan fingerprint density at radius 1 is 1.17 bits per heavy atom. The monoisotopic (exact) mass is 489 g/mol. The Morgan fingerprint density at radius 3 is 2.63 bits per heavy atom. The van der Waals surface area contributed by atoms with Crippen LogP contribution in [0.3, 0.4) is 0 Å². The molecule has 7 nitrogen and oxygen atoms in total. The molecule has 1 unspecified atom stereocenters. The van der Waals surface area contributed by atoms with E-state index in [4.69, 9.17) is 20.3 Å². The van der Waals surface area contributed by atoms with E-state index in [1.165, 1.54) is 5.56 Å². The summed E-state index contributed by atoms with van der Waals surface area (Å²) in [4.78, 5) is 23.5. The average Bonchev–Trinajstić information content (AvgIpc) is 3.12. The number of carbonyl (C=O) groups excluding carboxylic acids is 1. The van der Waals surface area contributed by atoms with Crippen molar-refractivity contribution in [2.24, 2.45) is 29.4 Å². The van der Waals surface area contributed by atoms with E-state index in [2.05, 4.69) is 13.0 Å². The van der Waals surface area contributed by atoms with E-state index in [-0.39, 0.29) is 36.6 Å². The highest BCUT2D eigenvalue weighted by atomic mass is 16.5. The zero-order chi connectivity index (χ0) is 25.5. The molecule has 1 fully saturated rings. The van der Waals surface area contributed by atoms with Gasteiger partial charge in [-0.1, -0.05) is 45.7 Å². The average molecular weight is 490 g/mol. The van der Waals surface area contributed by atoms with E-state index in [9.17, 15) is 14.7 Å². The number of ether oxygens (including phenoxy) is 2. The van der Waals surface area contributed by atoms with Crippen molar-refractivity contribution in [3.63, 3.8) is 0 Å². The number of carbonyl (C=O) groups is 2. The number of esters is 1. The first-order valence-corrected chi connectivity index (χ1v) is 13.3. The fourth-order valence-corrected chi connectivity index (χ4v) is 5.86. The lowest BCUT2D eigenvalue weighted by Gasteiger charge is -2.33. The Morgan fingerprint density at radius 2 is 1.94 bits per heavy atom. The number of aliphatic hydroxyl groups excluding tert-OH is 1. The molecule has 35 heavy (non-hydrogen) atoms. The summed E-state index contributed by atoms with van der Waals surface area (Å²) in [6.07, 6.45) is 7.43. The molecule has 0 amide bonds. The molecule has 2 aliphatic carbocycles. The normalized spacial score (nSPS) is 25.0. The van der Waals surface area contributed by atoms with E-state index >= 15 is 0 Å². The van der Waals surface area contributed by atoms with E-state index in [1.807, 2.05) is 26.0 Å². The number of aliphatic hydroxyl groups is 1. The Bertz CT molecular complexity index is 856. The molecule has 0 spiro atoms. The van der Waals surface area contributed by atoms with Crippen molar-refractivity contribution in [3.05, 3.63) is 29.3 Å². The highest BCUT2D eigenvalue weighted by Gasteiger charge is 2.45. The van der Waals surface area contributed by atoms with Gasteiger partial charge in [-0.2, -0.15) is 0 Å². The van der Waals surface area contributed by atoms with Gasteiger partial charge in [0.1, 0.15) is 17.9 Å². The molecule has 0 saturated heterocycles. The Labute approximate surface area is 209 Å². The van der Waals surface area contributed by atoms with Gasteiger partial charge in [0.2, 0.25) is 0 Å². The summed E-state index contributed by atoms with van der Waals surface area (Å²) in [6.45, 7) is 5.65. The number of unbranched alkanes of at least 4 members (excludes halogenated alkanes) is 2. The summed E-state index contributed by atoms with van der Waals surface area (Å²) < 4.78 is 11.4. The summed E-state index contributed by atoms with van der Waals surface area (Å²) in [5.41, 5.74) is 8.29. The van der Waals surface area contributed by atoms with Gasteiger partial charge < -0.3 is 25.4 Å². The topological polar surface area (TPSA) is 119 Å². The number of hydrogen-bond donors (Lipinski definition) is 3. The van der Waals surface area contributed by atoms with Crippen molar-refractivity contribution in [3.8, 4) is 5.75 Å².